The van der Waals surface area contributed by atoms with E-state index in [2.05, 4.69) is 49.6 Å². The molecule has 0 unspecified atom stereocenters. The van der Waals surface area contributed by atoms with Gasteiger partial charge in [-0.1, -0.05) is 69.7 Å². The molecule has 1 atom stereocenters. The van der Waals surface area contributed by atoms with Gasteiger partial charge in [0, 0.05) is 41.2 Å². The van der Waals surface area contributed by atoms with Gasteiger partial charge >= 0.3 is 5.97 Å². The van der Waals surface area contributed by atoms with Gasteiger partial charge in [-0.2, -0.15) is 0 Å². The highest BCUT2D eigenvalue weighted by molar-refractivity contribution is 6.16. The average Bonchev–Trinajstić information content (AvgIpc) is 3.32. The number of fused-ring (bicyclic) bond motifs is 1. The first-order chi connectivity index (χ1) is 19.4. The third-order valence-corrected chi connectivity index (χ3v) is 7.06. The molecule has 4 rings (SSSR count). The summed E-state index contributed by atoms with van der Waals surface area (Å²) in [6, 6.07) is 24.1. The molecule has 0 amide bonds. The molecular weight excluding hydrogens is 498 g/mol. The van der Waals surface area contributed by atoms with Crippen LogP contribution in [0.2, 0.25) is 0 Å². The maximum atomic E-state index is 13.6. The van der Waals surface area contributed by atoms with Crippen LogP contribution in [0, 0.1) is 5.92 Å². The average molecular weight is 540 g/mol. The van der Waals surface area contributed by atoms with Gasteiger partial charge in [-0.3, -0.25) is 9.59 Å². The van der Waals surface area contributed by atoms with Crippen molar-refractivity contribution in [2.45, 2.75) is 72.4 Å². The summed E-state index contributed by atoms with van der Waals surface area (Å²) in [4.78, 5) is 25.3. The molecule has 0 saturated carbocycles. The van der Waals surface area contributed by atoms with Crippen molar-refractivity contribution in [2.75, 3.05) is 6.61 Å². The van der Waals surface area contributed by atoms with Gasteiger partial charge in [0.2, 0.25) is 0 Å². The van der Waals surface area contributed by atoms with Crippen LogP contribution in [0.4, 0.5) is 0 Å². The van der Waals surface area contributed by atoms with Gasteiger partial charge < -0.3 is 14.0 Å². The van der Waals surface area contributed by atoms with Crippen LogP contribution < -0.4 is 4.74 Å². The van der Waals surface area contributed by atoms with Crippen molar-refractivity contribution < 1.29 is 19.1 Å². The number of carbonyl (C=O) groups excluding carboxylic acids is 2. The molecule has 5 nitrogen and oxygen atoms in total. The molecule has 5 heteroatoms. The van der Waals surface area contributed by atoms with E-state index in [1.807, 2.05) is 61.7 Å². The van der Waals surface area contributed by atoms with E-state index in [0.29, 0.717) is 43.0 Å². The molecule has 0 aliphatic rings. The number of hydrogen-bond donors (Lipinski definition) is 0. The Kier molecular flexibility index (Phi) is 10.2. The fourth-order valence-corrected chi connectivity index (χ4v) is 5.14. The molecule has 1 aromatic heterocycles. The minimum atomic E-state index is -0.193. The Morgan fingerprint density at radius 3 is 2.30 bits per heavy atom. The highest BCUT2D eigenvalue weighted by Crippen LogP contribution is 2.29. The highest BCUT2D eigenvalue weighted by atomic mass is 16.5. The number of ether oxygens (including phenoxy) is 2. The quantitative estimate of drug-likeness (QED) is 0.119. The van der Waals surface area contributed by atoms with Gasteiger partial charge in [-0.25, -0.2) is 0 Å². The maximum Gasteiger partial charge on any atom is 0.305 e. The number of aryl methyl sites for hydroxylation is 1. The van der Waals surface area contributed by atoms with Gasteiger partial charge in [0.25, 0.3) is 0 Å². The lowest BCUT2D eigenvalue weighted by Gasteiger charge is -2.20. The lowest BCUT2D eigenvalue weighted by atomic mass is 9.99. The zero-order chi connectivity index (χ0) is 28.5. The Hall–Kier alpha value is -3.86. The summed E-state index contributed by atoms with van der Waals surface area (Å²) in [6.45, 7) is 9.47. The SMILES string of the molecule is CCC[C@H](Oc1ccc(C(=O)c2cn(CCCC(=O)OCC)c3ccccc23)cc1)c1ccc(CC(C)C)cc1. The van der Waals surface area contributed by atoms with E-state index < -0.39 is 0 Å². The molecular formula is C35H41NO4. The fraction of sp³-hybridized carbons (Fsp3) is 0.371. The number of nitrogens with zero attached hydrogens (tertiary/aromatic N) is 1. The zero-order valence-electron chi connectivity index (χ0n) is 24.2. The lowest BCUT2D eigenvalue weighted by Crippen LogP contribution is -2.08. The zero-order valence-corrected chi connectivity index (χ0v) is 24.2. The molecule has 0 saturated heterocycles. The second-order valence-electron chi connectivity index (χ2n) is 10.8. The van der Waals surface area contributed by atoms with Crippen LogP contribution in [0.25, 0.3) is 10.9 Å². The van der Waals surface area contributed by atoms with E-state index >= 15 is 0 Å². The Bertz CT molecular complexity index is 1400. The first kappa shape index (κ1) is 29.1. The molecule has 0 spiro atoms. The van der Waals surface area contributed by atoms with Crippen LogP contribution in [0.5, 0.6) is 5.75 Å². The third-order valence-electron chi connectivity index (χ3n) is 7.06. The summed E-state index contributed by atoms with van der Waals surface area (Å²) >= 11 is 0. The second kappa shape index (κ2) is 14.0. The van der Waals surface area contributed by atoms with Gasteiger partial charge in [0.1, 0.15) is 11.9 Å². The molecule has 40 heavy (non-hydrogen) atoms. The molecule has 4 aromatic rings. The molecule has 3 aromatic carbocycles. The normalized spacial score (nSPS) is 12.0. The number of para-hydroxylation sites is 1. The molecule has 0 aliphatic carbocycles. The molecule has 210 valence electrons. The minimum absolute atomic E-state index is 0.0299. The van der Waals surface area contributed by atoms with E-state index in [4.69, 9.17) is 9.47 Å². The van der Waals surface area contributed by atoms with Gasteiger partial charge in [0.05, 0.1) is 6.61 Å². The Labute approximate surface area is 238 Å². The van der Waals surface area contributed by atoms with Crippen LogP contribution in [-0.2, 0) is 22.5 Å². The van der Waals surface area contributed by atoms with Crippen LogP contribution in [0.15, 0.2) is 79.0 Å². The van der Waals surface area contributed by atoms with Crippen LogP contribution >= 0.6 is 0 Å². The molecule has 0 radical (unpaired) electrons. The molecule has 0 aliphatic heterocycles. The highest BCUT2D eigenvalue weighted by Gasteiger charge is 2.18. The number of esters is 1. The topological polar surface area (TPSA) is 57.5 Å². The van der Waals surface area contributed by atoms with Crippen LogP contribution in [0.1, 0.15) is 86.5 Å². The molecule has 1 heterocycles. The van der Waals surface area contributed by atoms with Crippen molar-refractivity contribution in [3.63, 3.8) is 0 Å². The lowest BCUT2D eigenvalue weighted by molar-refractivity contribution is -0.143. The summed E-state index contributed by atoms with van der Waals surface area (Å²) in [7, 11) is 0. The number of ketones is 1. The third kappa shape index (κ3) is 7.41. The number of benzene rings is 3. The van der Waals surface area contributed by atoms with Crippen LogP contribution in [-0.4, -0.2) is 22.9 Å². The van der Waals surface area contributed by atoms with Crippen LogP contribution in [0.3, 0.4) is 0 Å². The first-order valence-electron chi connectivity index (χ1n) is 14.5. The van der Waals surface area contributed by atoms with Crippen molar-refractivity contribution >= 4 is 22.7 Å². The van der Waals surface area contributed by atoms with Gasteiger partial charge in [-0.15, -0.1) is 0 Å². The van der Waals surface area contributed by atoms with Crippen molar-refractivity contribution in [3.05, 3.63) is 101 Å². The number of carbonyl (C=O) groups is 2. The van der Waals surface area contributed by atoms with E-state index in [9.17, 15) is 9.59 Å². The number of aromatic nitrogens is 1. The standard InChI is InChI=1S/C35H41NO4/c1-5-10-33(27-16-14-26(15-17-27)23-25(3)4)40-29-20-18-28(19-21-29)35(38)31-24-36(22-9-13-34(37)39-6-2)32-12-8-7-11-30(31)32/h7-8,11-12,14-21,24-25,33H,5-6,9-10,13,22-23H2,1-4H3/t33-/m0/s1. The molecule has 0 N–H and O–H groups in total. The smallest absolute Gasteiger partial charge is 0.305 e. The summed E-state index contributed by atoms with van der Waals surface area (Å²) in [5.41, 5.74) is 4.77. The van der Waals surface area contributed by atoms with E-state index in [-0.39, 0.29) is 17.9 Å². The van der Waals surface area contributed by atoms with E-state index in [0.717, 1.165) is 35.9 Å². The summed E-state index contributed by atoms with van der Waals surface area (Å²) in [5.74, 6) is 1.16. The Morgan fingerprint density at radius 1 is 0.900 bits per heavy atom. The maximum absolute atomic E-state index is 13.6. The minimum Gasteiger partial charge on any atom is -0.486 e. The summed E-state index contributed by atoms with van der Waals surface area (Å²) < 4.78 is 13.5. The van der Waals surface area contributed by atoms with Crippen molar-refractivity contribution in [3.8, 4) is 5.75 Å². The van der Waals surface area contributed by atoms with E-state index in [1.165, 1.54) is 11.1 Å². The first-order valence-corrected chi connectivity index (χ1v) is 14.5. The predicted molar refractivity (Wildman–Crippen MR) is 161 cm³/mol. The summed E-state index contributed by atoms with van der Waals surface area (Å²) in [5, 5.41) is 0.910. The second-order valence-corrected chi connectivity index (χ2v) is 10.8. The summed E-state index contributed by atoms with van der Waals surface area (Å²) in [6.07, 6.45) is 5.87. The number of hydrogen-bond acceptors (Lipinski definition) is 4. The monoisotopic (exact) mass is 539 g/mol. The Balaban J connectivity index is 1.48. The molecule has 0 fully saturated rings. The Morgan fingerprint density at radius 2 is 1.62 bits per heavy atom. The van der Waals surface area contributed by atoms with Crippen molar-refractivity contribution in [1.29, 1.82) is 0 Å². The predicted octanol–water partition coefficient (Wildman–Crippen LogP) is 8.33. The van der Waals surface area contributed by atoms with Crippen molar-refractivity contribution in [1.82, 2.24) is 4.57 Å². The fourth-order valence-electron chi connectivity index (χ4n) is 5.14. The largest absolute Gasteiger partial charge is 0.486 e. The van der Waals surface area contributed by atoms with Gasteiger partial charge in [-0.05, 0) is 73.6 Å². The molecule has 0 bridgehead atoms. The van der Waals surface area contributed by atoms with Gasteiger partial charge in [0.15, 0.2) is 5.78 Å². The van der Waals surface area contributed by atoms with E-state index in [1.54, 1.807) is 0 Å². The van der Waals surface area contributed by atoms with Crippen molar-refractivity contribution in [2.24, 2.45) is 5.92 Å². The number of rotatable bonds is 14.